The summed E-state index contributed by atoms with van der Waals surface area (Å²) in [6.07, 6.45) is 1.43. The van der Waals surface area contributed by atoms with E-state index in [0.717, 1.165) is 18.4 Å². The van der Waals surface area contributed by atoms with E-state index in [9.17, 15) is 0 Å². The summed E-state index contributed by atoms with van der Waals surface area (Å²) in [5, 5.41) is 5.70. The third-order valence-corrected chi connectivity index (χ3v) is 3.96. The molecule has 0 aromatic carbocycles. The average molecular weight is 195 g/mol. The fourth-order valence-corrected chi connectivity index (χ4v) is 2.52. The highest BCUT2D eigenvalue weighted by atomic mass is 32.1. The van der Waals surface area contributed by atoms with Crippen LogP contribution < -0.4 is 5.32 Å². The van der Waals surface area contributed by atoms with Gasteiger partial charge in [0.1, 0.15) is 0 Å². The molecule has 1 nitrogen and oxygen atoms in total. The van der Waals surface area contributed by atoms with Crippen LogP contribution in [-0.4, -0.2) is 6.54 Å². The van der Waals surface area contributed by atoms with Crippen molar-refractivity contribution >= 4 is 11.3 Å². The Bertz CT molecular complexity index is 279. The van der Waals surface area contributed by atoms with Crippen LogP contribution in [0.2, 0.25) is 0 Å². The van der Waals surface area contributed by atoms with Crippen molar-refractivity contribution < 1.29 is 0 Å². The fraction of sp³-hybridized carbons (Fsp3) is 0.636. The van der Waals surface area contributed by atoms with Crippen LogP contribution in [0.15, 0.2) is 11.4 Å². The zero-order chi connectivity index (χ0) is 9.26. The van der Waals surface area contributed by atoms with Crippen molar-refractivity contribution in [2.45, 2.75) is 26.8 Å². The minimum atomic E-state index is 0.959. The van der Waals surface area contributed by atoms with Gasteiger partial charge < -0.3 is 5.32 Å². The van der Waals surface area contributed by atoms with Crippen LogP contribution in [0.1, 0.15) is 23.8 Å². The Labute approximate surface area is 84.2 Å². The molecule has 2 rings (SSSR count). The highest BCUT2D eigenvalue weighted by molar-refractivity contribution is 7.10. The molecule has 13 heavy (non-hydrogen) atoms. The quantitative estimate of drug-likeness (QED) is 0.779. The van der Waals surface area contributed by atoms with Gasteiger partial charge >= 0.3 is 0 Å². The molecule has 1 heterocycles. The van der Waals surface area contributed by atoms with Crippen molar-refractivity contribution in [1.82, 2.24) is 5.32 Å². The number of aryl methyl sites for hydroxylation is 1. The molecule has 1 aromatic heterocycles. The van der Waals surface area contributed by atoms with Gasteiger partial charge in [-0.3, -0.25) is 0 Å². The standard InChI is InChI=1S/C11H17NS/c1-8-3-4-13-11(8)7-12-6-10-5-9(10)2/h3-4,9-10,12H,5-7H2,1-2H3. The number of hydrogen-bond donors (Lipinski definition) is 1. The molecule has 0 spiro atoms. The summed E-state index contributed by atoms with van der Waals surface area (Å²) in [6.45, 7) is 6.79. The first-order valence-electron chi connectivity index (χ1n) is 5.01. The van der Waals surface area contributed by atoms with Gasteiger partial charge in [-0.2, -0.15) is 0 Å². The van der Waals surface area contributed by atoms with Gasteiger partial charge in [0.15, 0.2) is 0 Å². The average Bonchev–Trinajstić information content (AvgIpc) is 2.63. The van der Waals surface area contributed by atoms with Crippen LogP contribution in [-0.2, 0) is 6.54 Å². The SMILES string of the molecule is Cc1ccsc1CNCC1CC1C. The first-order valence-corrected chi connectivity index (χ1v) is 5.89. The zero-order valence-electron chi connectivity index (χ0n) is 8.34. The Balaban J connectivity index is 1.71. The van der Waals surface area contributed by atoms with Gasteiger partial charge in [-0.25, -0.2) is 0 Å². The summed E-state index contributed by atoms with van der Waals surface area (Å²) < 4.78 is 0. The van der Waals surface area contributed by atoms with E-state index in [4.69, 9.17) is 0 Å². The predicted octanol–water partition coefficient (Wildman–Crippen LogP) is 2.80. The molecule has 1 aliphatic carbocycles. The molecule has 0 saturated heterocycles. The lowest BCUT2D eigenvalue weighted by Crippen LogP contribution is -2.16. The second-order valence-electron chi connectivity index (χ2n) is 4.13. The first-order chi connectivity index (χ1) is 6.27. The lowest BCUT2D eigenvalue weighted by molar-refractivity contribution is 0.615. The van der Waals surface area contributed by atoms with Gasteiger partial charge in [0.25, 0.3) is 0 Å². The second-order valence-corrected chi connectivity index (χ2v) is 5.13. The van der Waals surface area contributed by atoms with Crippen LogP contribution in [0.4, 0.5) is 0 Å². The molecule has 2 unspecified atom stereocenters. The van der Waals surface area contributed by atoms with E-state index in [2.05, 4.69) is 30.6 Å². The Morgan fingerprint density at radius 3 is 2.92 bits per heavy atom. The Hall–Kier alpha value is -0.340. The molecular weight excluding hydrogens is 178 g/mol. The van der Waals surface area contributed by atoms with E-state index in [1.807, 2.05) is 11.3 Å². The van der Waals surface area contributed by atoms with Gasteiger partial charge in [0, 0.05) is 11.4 Å². The number of rotatable bonds is 4. The maximum atomic E-state index is 3.53. The Morgan fingerprint density at radius 1 is 1.62 bits per heavy atom. The normalized spacial score (nSPS) is 26.3. The Kier molecular flexibility index (Phi) is 2.70. The zero-order valence-corrected chi connectivity index (χ0v) is 9.16. The second kappa shape index (κ2) is 3.81. The molecular formula is C11H17NS. The van der Waals surface area contributed by atoms with Crippen LogP contribution in [0, 0.1) is 18.8 Å². The first kappa shape index (κ1) is 9.22. The molecule has 72 valence electrons. The van der Waals surface area contributed by atoms with Crippen molar-refractivity contribution in [3.05, 3.63) is 21.9 Å². The van der Waals surface area contributed by atoms with E-state index in [-0.39, 0.29) is 0 Å². The molecule has 1 saturated carbocycles. The monoisotopic (exact) mass is 195 g/mol. The lowest BCUT2D eigenvalue weighted by atomic mass is 10.3. The topological polar surface area (TPSA) is 12.0 Å². The molecule has 0 amide bonds. The molecule has 0 aliphatic heterocycles. The molecule has 2 heteroatoms. The van der Waals surface area contributed by atoms with Crippen molar-refractivity contribution in [2.24, 2.45) is 11.8 Å². The molecule has 1 fully saturated rings. The maximum Gasteiger partial charge on any atom is 0.0302 e. The van der Waals surface area contributed by atoms with E-state index < -0.39 is 0 Å². The van der Waals surface area contributed by atoms with Crippen LogP contribution in [0.5, 0.6) is 0 Å². The molecule has 1 N–H and O–H groups in total. The lowest BCUT2D eigenvalue weighted by Gasteiger charge is -2.02. The van der Waals surface area contributed by atoms with E-state index in [1.165, 1.54) is 23.4 Å². The molecule has 0 radical (unpaired) electrons. The van der Waals surface area contributed by atoms with Crippen LogP contribution >= 0.6 is 11.3 Å². The summed E-state index contributed by atoms with van der Waals surface area (Å²) in [5.74, 6) is 1.93. The third kappa shape index (κ3) is 2.32. The summed E-state index contributed by atoms with van der Waals surface area (Å²) in [6, 6.07) is 2.20. The van der Waals surface area contributed by atoms with Crippen molar-refractivity contribution in [3.8, 4) is 0 Å². The smallest absolute Gasteiger partial charge is 0.0302 e. The van der Waals surface area contributed by atoms with Crippen molar-refractivity contribution in [2.75, 3.05) is 6.54 Å². The van der Waals surface area contributed by atoms with Gasteiger partial charge in [0.2, 0.25) is 0 Å². The minimum Gasteiger partial charge on any atom is -0.312 e. The van der Waals surface area contributed by atoms with Gasteiger partial charge in [-0.15, -0.1) is 11.3 Å². The summed E-state index contributed by atoms with van der Waals surface area (Å²) in [7, 11) is 0. The molecule has 1 aromatic rings. The summed E-state index contributed by atoms with van der Waals surface area (Å²) in [4.78, 5) is 1.49. The number of thiophene rings is 1. The summed E-state index contributed by atoms with van der Waals surface area (Å²) >= 11 is 1.86. The Morgan fingerprint density at radius 2 is 2.38 bits per heavy atom. The van der Waals surface area contributed by atoms with E-state index >= 15 is 0 Å². The van der Waals surface area contributed by atoms with Gasteiger partial charge in [-0.05, 0) is 48.7 Å². The predicted molar refractivity (Wildman–Crippen MR) is 58.0 cm³/mol. The van der Waals surface area contributed by atoms with Crippen LogP contribution in [0.25, 0.3) is 0 Å². The van der Waals surface area contributed by atoms with Gasteiger partial charge in [-0.1, -0.05) is 6.92 Å². The number of hydrogen-bond acceptors (Lipinski definition) is 2. The van der Waals surface area contributed by atoms with Crippen LogP contribution in [0.3, 0.4) is 0 Å². The van der Waals surface area contributed by atoms with Crippen molar-refractivity contribution in [3.63, 3.8) is 0 Å². The maximum absolute atomic E-state index is 3.53. The largest absolute Gasteiger partial charge is 0.312 e. The minimum absolute atomic E-state index is 0.959. The highest BCUT2D eigenvalue weighted by Crippen LogP contribution is 2.36. The van der Waals surface area contributed by atoms with E-state index in [0.29, 0.717) is 0 Å². The third-order valence-electron chi connectivity index (χ3n) is 2.94. The fourth-order valence-electron chi connectivity index (χ4n) is 1.64. The van der Waals surface area contributed by atoms with Crippen molar-refractivity contribution in [1.29, 1.82) is 0 Å². The molecule has 2 atom stereocenters. The number of nitrogens with one attached hydrogen (secondary N) is 1. The summed E-state index contributed by atoms with van der Waals surface area (Å²) in [5.41, 5.74) is 1.43. The molecule has 0 bridgehead atoms. The molecule has 1 aliphatic rings. The van der Waals surface area contributed by atoms with E-state index in [1.54, 1.807) is 0 Å². The highest BCUT2D eigenvalue weighted by Gasteiger charge is 2.31. The van der Waals surface area contributed by atoms with Gasteiger partial charge in [0.05, 0.1) is 0 Å².